The van der Waals surface area contributed by atoms with Crippen LogP contribution >= 0.6 is 0 Å². The Morgan fingerprint density at radius 1 is 1.15 bits per heavy atom. The predicted molar refractivity (Wildman–Crippen MR) is 78.6 cm³/mol. The van der Waals surface area contributed by atoms with Crippen molar-refractivity contribution in [3.8, 4) is 0 Å². The standard InChI is InChI=1S/C15H21N3O2/c19-14(12-18-11-7-6-10-15(18)20)17-16-13-8-4-2-1-3-5-9-13/h6-7,10-11H,1-5,8-9,12H2,(H,17,19). The maximum atomic E-state index is 11.8. The SMILES string of the molecule is O=C(Cn1ccccc1=O)NN=C1CCCCCCC1. The number of hydrogen-bond acceptors (Lipinski definition) is 3. The molecule has 2 rings (SSSR count). The van der Waals surface area contributed by atoms with Crippen LogP contribution in [0.15, 0.2) is 34.3 Å². The molecule has 1 amide bonds. The molecule has 0 spiro atoms. The van der Waals surface area contributed by atoms with Crippen LogP contribution < -0.4 is 11.0 Å². The summed E-state index contributed by atoms with van der Waals surface area (Å²) < 4.78 is 1.37. The van der Waals surface area contributed by atoms with Crippen LogP contribution in [0.1, 0.15) is 44.9 Å². The summed E-state index contributed by atoms with van der Waals surface area (Å²) in [6, 6.07) is 4.83. The molecule has 108 valence electrons. The Morgan fingerprint density at radius 3 is 2.55 bits per heavy atom. The summed E-state index contributed by atoms with van der Waals surface area (Å²) in [6.45, 7) is 0.0104. The minimum Gasteiger partial charge on any atom is -0.306 e. The van der Waals surface area contributed by atoms with Gasteiger partial charge in [-0.2, -0.15) is 5.10 Å². The van der Waals surface area contributed by atoms with E-state index in [1.54, 1.807) is 18.3 Å². The average Bonchev–Trinajstić information content (AvgIpc) is 2.40. The van der Waals surface area contributed by atoms with E-state index in [0.717, 1.165) is 31.4 Å². The van der Waals surface area contributed by atoms with Gasteiger partial charge < -0.3 is 4.57 Å². The topological polar surface area (TPSA) is 63.5 Å². The maximum Gasteiger partial charge on any atom is 0.260 e. The number of nitrogens with one attached hydrogen (secondary N) is 1. The Bertz CT molecular complexity index is 524. The number of carbonyl (C=O) groups excluding carboxylic acids is 1. The highest BCUT2D eigenvalue weighted by molar-refractivity contribution is 5.86. The molecule has 1 fully saturated rings. The lowest BCUT2D eigenvalue weighted by Gasteiger charge is -2.11. The number of pyridine rings is 1. The van der Waals surface area contributed by atoms with Crippen LogP contribution in [-0.2, 0) is 11.3 Å². The fourth-order valence-electron chi connectivity index (χ4n) is 2.35. The van der Waals surface area contributed by atoms with E-state index in [9.17, 15) is 9.59 Å². The molecule has 1 aliphatic rings. The Hall–Kier alpha value is -1.91. The van der Waals surface area contributed by atoms with Crippen LogP contribution in [0.25, 0.3) is 0 Å². The third-order valence-electron chi connectivity index (χ3n) is 3.48. The van der Waals surface area contributed by atoms with Gasteiger partial charge in [0.1, 0.15) is 6.54 Å². The zero-order chi connectivity index (χ0) is 14.2. The predicted octanol–water partition coefficient (Wildman–Crippen LogP) is 2.06. The number of carbonyl (C=O) groups is 1. The van der Waals surface area contributed by atoms with E-state index < -0.39 is 0 Å². The van der Waals surface area contributed by atoms with Gasteiger partial charge in [0.05, 0.1) is 0 Å². The van der Waals surface area contributed by atoms with Gasteiger partial charge in [0, 0.05) is 18.0 Å². The summed E-state index contributed by atoms with van der Waals surface area (Å²) in [6.07, 6.45) is 9.61. The van der Waals surface area contributed by atoms with Crippen molar-refractivity contribution >= 4 is 11.6 Å². The van der Waals surface area contributed by atoms with Crippen molar-refractivity contribution in [1.82, 2.24) is 9.99 Å². The molecule has 0 aliphatic heterocycles. The van der Waals surface area contributed by atoms with Crippen LogP contribution in [-0.4, -0.2) is 16.2 Å². The van der Waals surface area contributed by atoms with Crippen molar-refractivity contribution in [3.05, 3.63) is 34.7 Å². The quantitative estimate of drug-likeness (QED) is 0.858. The van der Waals surface area contributed by atoms with Crippen molar-refractivity contribution in [3.63, 3.8) is 0 Å². The molecule has 1 saturated carbocycles. The first kappa shape index (κ1) is 14.5. The molecule has 0 saturated heterocycles. The number of hydrazone groups is 1. The Labute approximate surface area is 118 Å². The molecular weight excluding hydrogens is 254 g/mol. The van der Waals surface area contributed by atoms with Gasteiger partial charge in [0.25, 0.3) is 11.5 Å². The first-order valence-electron chi connectivity index (χ1n) is 7.25. The molecule has 0 bridgehead atoms. The number of nitrogens with zero attached hydrogens (tertiary/aromatic N) is 2. The molecule has 1 aromatic heterocycles. The van der Waals surface area contributed by atoms with E-state index in [-0.39, 0.29) is 18.0 Å². The number of rotatable bonds is 3. The summed E-state index contributed by atoms with van der Waals surface area (Å²) in [5, 5.41) is 4.21. The second-order valence-electron chi connectivity index (χ2n) is 5.15. The highest BCUT2D eigenvalue weighted by Gasteiger charge is 2.07. The van der Waals surface area contributed by atoms with E-state index in [2.05, 4.69) is 10.5 Å². The molecule has 0 aromatic carbocycles. The van der Waals surface area contributed by atoms with E-state index in [0.29, 0.717) is 0 Å². The summed E-state index contributed by atoms with van der Waals surface area (Å²) in [5.41, 5.74) is 3.45. The fourth-order valence-corrected chi connectivity index (χ4v) is 2.35. The molecule has 5 nitrogen and oxygen atoms in total. The molecular formula is C15H21N3O2. The molecule has 1 aliphatic carbocycles. The van der Waals surface area contributed by atoms with Crippen molar-refractivity contribution in [2.45, 2.75) is 51.5 Å². The van der Waals surface area contributed by atoms with Crippen molar-refractivity contribution in [2.75, 3.05) is 0 Å². The number of amides is 1. The summed E-state index contributed by atoms with van der Waals surface area (Å²) in [7, 11) is 0. The minimum absolute atomic E-state index is 0.0104. The lowest BCUT2D eigenvalue weighted by molar-refractivity contribution is -0.121. The zero-order valence-corrected chi connectivity index (χ0v) is 11.7. The summed E-state index contributed by atoms with van der Waals surface area (Å²) in [5.74, 6) is -0.257. The fraction of sp³-hybridized carbons (Fsp3) is 0.533. The Balaban J connectivity index is 1.87. The monoisotopic (exact) mass is 275 g/mol. The average molecular weight is 275 g/mol. The van der Waals surface area contributed by atoms with Gasteiger partial charge >= 0.3 is 0 Å². The number of aromatic nitrogens is 1. The maximum absolute atomic E-state index is 11.8. The molecule has 0 atom stereocenters. The molecule has 1 aromatic rings. The molecule has 20 heavy (non-hydrogen) atoms. The van der Waals surface area contributed by atoms with E-state index >= 15 is 0 Å². The summed E-state index contributed by atoms with van der Waals surface area (Å²) in [4.78, 5) is 23.3. The largest absolute Gasteiger partial charge is 0.306 e. The smallest absolute Gasteiger partial charge is 0.260 e. The summed E-state index contributed by atoms with van der Waals surface area (Å²) >= 11 is 0. The second kappa shape index (κ2) is 7.62. The van der Waals surface area contributed by atoms with E-state index in [4.69, 9.17) is 0 Å². The van der Waals surface area contributed by atoms with Crippen molar-refractivity contribution in [1.29, 1.82) is 0 Å². The minimum atomic E-state index is -0.257. The third kappa shape index (κ3) is 4.64. The van der Waals surface area contributed by atoms with Crippen LogP contribution in [0.3, 0.4) is 0 Å². The Morgan fingerprint density at radius 2 is 1.85 bits per heavy atom. The zero-order valence-electron chi connectivity index (χ0n) is 11.7. The molecule has 1 heterocycles. The lowest BCUT2D eigenvalue weighted by atomic mass is 9.99. The Kier molecular flexibility index (Phi) is 5.53. The van der Waals surface area contributed by atoms with Gasteiger partial charge in [0.15, 0.2) is 0 Å². The second-order valence-corrected chi connectivity index (χ2v) is 5.15. The van der Waals surface area contributed by atoms with E-state index in [1.165, 1.54) is 29.9 Å². The molecule has 0 radical (unpaired) electrons. The lowest BCUT2D eigenvalue weighted by Crippen LogP contribution is -2.29. The van der Waals surface area contributed by atoms with E-state index in [1.807, 2.05) is 0 Å². The normalized spacial score (nSPS) is 16.1. The van der Waals surface area contributed by atoms with Gasteiger partial charge in [-0.25, -0.2) is 5.43 Å². The van der Waals surface area contributed by atoms with Gasteiger partial charge in [-0.3, -0.25) is 9.59 Å². The van der Waals surface area contributed by atoms with Gasteiger partial charge in [-0.05, 0) is 31.7 Å². The van der Waals surface area contributed by atoms with Crippen LogP contribution in [0.2, 0.25) is 0 Å². The van der Waals surface area contributed by atoms with Crippen molar-refractivity contribution < 1.29 is 4.79 Å². The van der Waals surface area contributed by atoms with Gasteiger partial charge in [-0.1, -0.05) is 25.3 Å². The first-order chi connectivity index (χ1) is 9.75. The molecule has 1 N–H and O–H groups in total. The van der Waals surface area contributed by atoms with Crippen LogP contribution in [0, 0.1) is 0 Å². The first-order valence-corrected chi connectivity index (χ1v) is 7.25. The molecule has 5 heteroatoms. The molecule has 0 unspecified atom stereocenters. The third-order valence-corrected chi connectivity index (χ3v) is 3.48. The highest BCUT2D eigenvalue weighted by Crippen LogP contribution is 2.14. The van der Waals surface area contributed by atoms with Crippen LogP contribution in [0.5, 0.6) is 0 Å². The number of hydrogen-bond donors (Lipinski definition) is 1. The van der Waals surface area contributed by atoms with Crippen LogP contribution in [0.4, 0.5) is 0 Å². The van der Waals surface area contributed by atoms with Crippen molar-refractivity contribution in [2.24, 2.45) is 5.10 Å². The van der Waals surface area contributed by atoms with Gasteiger partial charge in [-0.15, -0.1) is 0 Å². The highest BCUT2D eigenvalue weighted by atomic mass is 16.2. The van der Waals surface area contributed by atoms with Gasteiger partial charge in [0.2, 0.25) is 0 Å².